The van der Waals surface area contributed by atoms with Gasteiger partial charge in [-0.25, -0.2) is 17.8 Å². The van der Waals surface area contributed by atoms with Gasteiger partial charge in [0.05, 0.1) is 47.6 Å². The molecule has 3 aliphatic rings. The monoisotopic (exact) mass is 624 g/mol. The molecule has 3 heterocycles. The molecule has 0 unspecified atom stereocenters. The maximum Gasteiger partial charge on any atom is 0.237 e. The summed E-state index contributed by atoms with van der Waals surface area (Å²) >= 11 is 6.14. The van der Waals surface area contributed by atoms with E-state index in [1.165, 1.54) is 12.1 Å². The fourth-order valence-corrected chi connectivity index (χ4v) is 7.82. The van der Waals surface area contributed by atoms with Gasteiger partial charge in [-0.2, -0.15) is 5.10 Å². The Bertz CT molecular complexity index is 1780. The van der Waals surface area contributed by atoms with Gasteiger partial charge >= 0.3 is 0 Å². The van der Waals surface area contributed by atoms with Gasteiger partial charge in [0, 0.05) is 22.8 Å². The number of aromatic nitrogens is 3. The van der Waals surface area contributed by atoms with E-state index in [4.69, 9.17) is 27.2 Å². The number of anilines is 2. The van der Waals surface area contributed by atoms with Crippen LogP contribution in [-0.2, 0) is 20.5 Å². The summed E-state index contributed by atoms with van der Waals surface area (Å²) in [5, 5.41) is 9.75. The number of nitrogen functional groups attached to an aromatic ring is 1. The highest BCUT2D eigenvalue weighted by Gasteiger charge is 2.33. The van der Waals surface area contributed by atoms with Crippen LogP contribution in [0.4, 0.5) is 15.9 Å². The van der Waals surface area contributed by atoms with Crippen LogP contribution in [0.25, 0.3) is 22.2 Å². The standard InChI is InChI=1S/C31H34ClFN6O3S/c32-25-4-2-1-3-20(25)17-43(40,41)38-27-12-7-19(13-26(27)33)29-28-30(39(37-29)23-10-11-23)24(14-35-31(28)34)18-5-8-21(9-6-18)36-22-15-42-16-22/h1-4,7,12-14,18,21-23,36,38H,5-6,8-11,15-17H2,(H2,34,35). The minimum Gasteiger partial charge on any atom is -0.383 e. The summed E-state index contributed by atoms with van der Waals surface area (Å²) in [5.74, 6) is -0.395. The van der Waals surface area contributed by atoms with Crippen LogP contribution < -0.4 is 15.8 Å². The molecule has 0 radical (unpaired) electrons. The van der Waals surface area contributed by atoms with Gasteiger partial charge in [0.1, 0.15) is 17.3 Å². The first-order valence-electron chi connectivity index (χ1n) is 14.8. The summed E-state index contributed by atoms with van der Waals surface area (Å²) < 4.78 is 50.8. The molecule has 2 aromatic carbocycles. The number of nitrogens with two attached hydrogens (primary N) is 1. The van der Waals surface area contributed by atoms with Crippen LogP contribution >= 0.6 is 11.6 Å². The number of fused-ring (bicyclic) bond motifs is 1. The van der Waals surface area contributed by atoms with Crippen LogP contribution in [0.2, 0.25) is 5.02 Å². The molecule has 2 aromatic heterocycles. The normalized spacial score (nSPS) is 21.2. The minimum atomic E-state index is -3.91. The van der Waals surface area contributed by atoms with Gasteiger partial charge in [-0.15, -0.1) is 0 Å². The quantitative estimate of drug-likeness (QED) is 0.216. The van der Waals surface area contributed by atoms with E-state index >= 15 is 4.39 Å². The highest BCUT2D eigenvalue weighted by Crippen LogP contribution is 2.45. The van der Waals surface area contributed by atoms with E-state index in [1.54, 1.807) is 30.3 Å². The maximum absolute atomic E-state index is 15.4. The molecule has 0 spiro atoms. The van der Waals surface area contributed by atoms with E-state index in [-0.39, 0.29) is 17.5 Å². The molecule has 1 saturated heterocycles. The summed E-state index contributed by atoms with van der Waals surface area (Å²) in [5.41, 5.74) is 9.96. The lowest BCUT2D eigenvalue weighted by molar-refractivity contribution is -0.0121. The van der Waals surface area contributed by atoms with Gasteiger partial charge in [-0.3, -0.25) is 9.40 Å². The lowest BCUT2D eigenvalue weighted by atomic mass is 9.81. The molecule has 7 rings (SSSR count). The average molecular weight is 625 g/mol. The van der Waals surface area contributed by atoms with E-state index in [0.29, 0.717) is 45.7 Å². The zero-order valence-electron chi connectivity index (χ0n) is 23.6. The first kappa shape index (κ1) is 28.5. The predicted molar refractivity (Wildman–Crippen MR) is 166 cm³/mol. The summed E-state index contributed by atoms with van der Waals surface area (Å²) in [6.07, 6.45) is 8.19. The molecule has 12 heteroatoms. The molecule has 0 amide bonds. The Labute approximate surface area is 255 Å². The molecule has 2 saturated carbocycles. The SMILES string of the molecule is Nc1ncc(C2CCC(NC3COC3)CC2)c2c1c(-c1ccc(NS(=O)(=O)Cc3ccccc3Cl)c(F)c1)nn2C1CC1. The van der Waals surface area contributed by atoms with Crippen molar-refractivity contribution in [1.82, 2.24) is 20.1 Å². The molecular weight excluding hydrogens is 591 g/mol. The van der Waals surface area contributed by atoms with Crippen molar-refractivity contribution in [2.24, 2.45) is 0 Å². The molecule has 9 nitrogen and oxygen atoms in total. The van der Waals surface area contributed by atoms with Crippen molar-refractivity contribution < 1.29 is 17.5 Å². The Kier molecular flexibility index (Phi) is 7.53. The van der Waals surface area contributed by atoms with Crippen molar-refractivity contribution in [3.8, 4) is 11.3 Å². The zero-order chi connectivity index (χ0) is 29.7. The van der Waals surface area contributed by atoms with Crippen molar-refractivity contribution in [2.45, 2.75) is 68.3 Å². The van der Waals surface area contributed by atoms with E-state index in [1.807, 2.05) is 6.20 Å². The highest BCUT2D eigenvalue weighted by atomic mass is 35.5. The fourth-order valence-electron chi connectivity index (χ4n) is 6.31. The number of nitrogens with zero attached hydrogens (tertiary/aromatic N) is 3. The number of sulfonamides is 1. The van der Waals surface area contributed by atoms with Crippen LogP contribution in [0.5, 0.6) is 0 Å². The third-order valence-electron chi connectivity index (χ3n) is 8.76. The van der Waals surface area contributed by atoms with Crippen molar-refractivity contribution in [2.75, 3.05) is 23.7 Å². The molecule has 1 aliphatic heterocycles. The van der Waals surface area contributed by atoms with Crippen LogP contribution in [-0.4, -0.2) is 48.5 Å². The van der Waals surface area contributed by atoms with Gasteiger partial charge in [0.2, 0.25) is 10.0 Å². The Morgan fingerprint density at radius 3 is 2.49 bits per heavy atom. The van der Waals surface area contributed by atoms with Crippen molar-refractivity contribution in [3.63, 3.8) is 0 Å². The van der Waals surface area contributed by atoms with Gasteiger partial charge in [0.25, 0.3) is 0 Å². The highest BCUT2D eigenvalue weighted by molar-refractivity contribution is 7.91. The third-order valence-corrected chi connectivity index (χ3v) is 10.4. The fraction of sp³-hybridized carbons (Fsp3) is 0.419. The second-order valence-electron chi connectivity index (χ2n) is 11.9. The number of rotatable bonds is 9. The minimum absolute atomic E-state index is 0.146. The summed E-state index contributed by atoms with van der Waals surface area (Å²) in [6.45, 7) is 1.59. The molecule has 4 aromatic rings. The van der Waals surface area contributed by atoms with Crippen molar-refractivity contribution in [3.05, 3.63) is 70.6 Å². The smallest absolute Gasteiger partial charge is 0.237 e. The predicted octanol–water partition coefficient (Wildman–Crippen LogP) is 5.76. The maximum atomic E-state index is 15.4. The molecule has 2 aliphatic carbocycles. The Balaban J connectivity index is 1.18. The van der Waals surface area contributed by atoms with Gasteiger partial charge in [-0.05, 0) is 73.8 Å². The first-order valence-corrected chi connectivity index (χ1v) is 16.8. The van der Waals surface area contributed by atoms with Crippen LogP contribution in [0, 0.1) is 5.82 Å². The Morgan fingerprint density at radius 2 is 1.81 bits per heavy atom. The molecular formula is C31H34ClFN6O3S. The molecule has 226 valence electrons. The van der Waals surface area contributed by atoms with E-state index in [9.17, 15) is 8.42 Å². The average Bonchev–Trinajstić information content (AvgIpc) is 3.73. The van der Waals surface area contributed by atoms with Crippen molar-refractivity contribution in [1.29, 1.82) is 0 Å². The summed E-state index contributed by atoms with van der Waals surface area (Å²) in [4.78, 5) is 4.58. The molecule has 0 atom stereocenters. The third kappa shape index (κ3) is 5.83. The second kappa shape index (κ2) is 11.4. The zero-order valence-corrected chi connectivity index (χ0v) is 25.2. The summed E-state index contributed by atoms with van der Waals surface area (Å²) in [6, 6.07) is 12.3. The van der Waals surface area contributed by atoms with E-state index in [2.05, 4.69) is 19.7 Å². The second-order valence-corrected chi connectivity index (χ2v) is 14.1. The lowest BCUT2D eigenvalue weighted by Gasteiger charge is -2.35. The van der Waals surface area contributed by atoms with Crippen LogP contribution in [0.1, 0.15) is 61.6 Å². The van der Waals surface area contributed by atoms with Crippen LogP contribution in [0.15, 0.2) is 48.7 Å². The van der Waals surface area contributed by atoms with Crippen molar-refractivity contribution >= 4 is 44.0 Å². The number of nitrogens with one attached hydrogen (secondary N) is 2. The number of halogens is 2. The lowest BCUT2D eigenvalue weighted by Crippen LogP contribution is -2.51. The van der Waals surface area contributed by atoms with Gasteiger partial charge in [-0.1, -0.05) is 35.9 Å². The molecule has 4 N–H and O–H groups in total. The number of pyridine rings is 1. The molecule has 3 fully saturated rings. The Hall–Kier alpha value is -3.25. The van der Waals surface area contributed by atoms with Gasteiger partial charge in [0.15, 0.2) is 0 Å². The molecule has 43 heavy (non-hydrogen) atoms. The van der Waals surface area contributed by atoms with E-state index < -0.39 is 15.8 Å². The van der Waals surface area contributed by atoms with Crippen LogP contribution in [0.3, 0.4) is 0 Å². The number of hydrogen-bond acceptors (Lipinski definition) is 7. The summed E-state index contributed by atoms with van der Waals surface area (Å²) in [7, 11) is -3.91. The Morgan fingerprint density at radius 1 is 1.05 bits per heavy atom. The number of hydrogen-bond donors (Lipinski definition) is 3. The molecule has 0 bridgehead atoms. The van der Waals surface area contributed by atoms with E-state index in [0.717, 1.165) is 68.2 Å². The topological polar surface area (TPSA) is 124 Å². The van der Waals surface area contributed by atoms with Gasteiger partial charge < -0.3 is 15.8 Å². The largest absolute Gasteiger partial charge is 0.383 e. The number of benzene rings is 2. The first-order chi connectivity index (χ1) is 20.8. The number of ether oxygens (including phenoxy) is 1.